The van der Waals surface area contributed by atoms with Crippen LogP contribution in [0.4, 0.5) is 0 Å². The summed E-state index contributed by atoms with van der Waals surface area (Å²) in [6.45, 7) is 5.85. The third kappa shape index (κ3) is 6.75. The van der Waals surface area contributed by atoms with E-state index in [1.165, 1.54) is 6.42 Å². The summed E-state index contributed by atoms with van der Waals surface area (Å²) in [5.74, 6) is 1.70. The number of allylic oxidation sites excluding steroid dienone is 8. The number of hydrogen-bond acceptors (Lipinski definition) is 2. The summed E-state index contributed by atoms with van der Waals surface area (Å²) in [7, 11) is -0.304. The molecule has 0 aromatic carbocycles. The van der Waals surface area contributed by atoms with Crippen LogP contribution >= 0.6 is 0 Å². The van der Waals surface area contributed by atoms with Crippen molar-refractivity contribution in [2.24, 2.45) is 0 Å². The lowest BCUT2D eigenvalue weighted by atomic mass is 9.94. The molecule has 2 nitrogen and oxygen atoms in total. The Kier molecular flexibility index (Phi) is 7.56. The minimum atomic E-state index is -0.304. The van der Waals surface area contributed by atoms with E-state index in [1.807, 2.05) is 57.1 Å². The zero-order valence-corrected chi connectivity index (χ0v) is 12.1. The van der Waals surface area contributed by atoms with Gasteiger partial charge in [0, 0.05) is 0 Å². The van der Waals surface area contributed by atoms with Gasteiger partial charge in [0.25, 0.3) is 0 Å². The molecule has 0 saturated carbocycles. The van der Waals surface area contributed by atoms with E-state index in [0.29, 0.717) is 0 Å². The second-order valence-corrected chi connectivity index (χ2v) is 4.34. The predicted molar refractivity (Wildman–Crippen MR) is 82.6 cm³/mol. The van der Waals surface area contributed by atoms with Crippen LogP contribution < -0.4 is 0 Å². The molecule has 0 atom stereocenters. The third-order valence-electron chi connectivity index (χ3n) is 2.59. The third-order valence-corrected chi connectivity index (χ3v) is 2.59. The Balaban J connectivity index is 2.56. The highest BCUT2D eigenvalue weighted by Crippen LogP contribution is 2.14. The average Bonchev–Trinajstić information content (AvgIpc) is 2.64. The van der Waals surface area contributed by atoms with Gasteiger partial charge in [0.2, 0.25) is 0 Å². The largest absolute Gasteiger partial charge is 0.591 e. The van der Waals surface area contributed by atoms with Gasteiger partial charge >= 0.3 is 7.12 Å². The van der Waals surface area contributed by atoms with Crippen LogP contribution in [0, 0.1) is 0 Å². The zero-order chi connectivity index (χ0) is 13.9. The van der Waals surface area contributed by atoms with E-state index in [-0.39, 0.29) is 7.12 Å². The minimum Gasteiger partial charge on any atom is -0.526 e. The molecular weight excluding hydrogens is 235 g/mol. The molecule has 0 bridgehead atoms. The summed E-state index contributed by atoms with van der Waals surface area (Å²) < 4.78 is 11.5. The van der Waals surface area contributed by atoms with E-state index in [9.17, 15) is 0 Å². The van der Waals surface area contributed by atoms with Gasteiger partial charge in [0.1, 0.15) is 5.76 Å². The summed E-state index contributed by atoms with van der Waals surface area (Å²) >= 11 is 0. The quantitative estimate of drug-likeness (QED) is 0.387. The van der Waals surface area contributed by atoms with Crippen LogP contribution in [0.2, 0.25) is 6.82 Å². The molecule has 0 spiro atoms. The Hall–Kier alpha value is -1.64. The van der Waals surface area contributed by atoms with Gasteiger partial charge in [-0.15, -0.1) is 0 Å². The fourth-order valence-corrected chi connectivity index (χ4v) is 1.73. The molecule has 1 rings (SSSR count). The standard InChI is InChI=1S/C16H23BO2/c1-4-6-12-15(11-5-2)18-17(3)19-16-13-9-7-8-10-14-16/h4-6,9,11-14H,7-8,10H2,1-3H3/b6-4-,11-5-,15-12+. The highest BCUT2D eigenvalue weighted by atomic mass is 16.6. The smallest absolute Gasteiger partial charge is 0.526 e. The summed E-state index contributed by atoms with van der Waals surface area (Å²) in [6, 6.07) is 0. The molecule has 0 amide bonds. The van der Waals surface area contributed by atoms with Crippen LogP contribution in [0.5, 0.6) is 0 Å². The molecule has 19 heavy (non-hydrogen) atoms. The molecule has 0 unspecified atom stereocenters. The van der Waals surface area contributed by atoms with Crippen molar-refractivity contribution in [3.8, 4) is 0 Å². The first kappa shape index (κ1) is 15.4. The van der Waals surface area contributed by atoms with E-state index in [0.717, 1.165) is 24.4 Å². The fourth-order valence-electron chi connectivity index (χ4n) is 1.73. The van der Waals surface area contributed by atoms with Gasteiger partial charge in [-0.3, -0.25) is 0 Å². The monoisotopic (exact) mass is 258 g/mol. The predicted octanol–water partition coefficient (Wildman–Crippen LogP) is 4.80. The lowest BCUT2D eigenvalue weighted by molar-refractivity contribution is 0.315. The van der Waals surface area contributed by atoms with Crippen molar-refractivity contribution in [3.05, 3.63) is 60.1 Å². The first-order valence-electron chi connectivity index (χ1n) is 6.92. The molecule has 0 N–H and O–H groups in total. The van der Waals surface area contributed by atoms with Crippen molar-refractivity contribution in [1.29, 1.82) is 0 Å². The van der Waals surface area contributed by atoms with Crippen molar-refractivity contribution < 1.29 is 9.31 Å². The molecule has 0 radical (unpaired) electrons. The van der Waals surface area contributed by atoms with Gasteiger partial charge < -0.3 is 9.31 Å². The van der Waals surface area contributed by atoms with Crippen molar-refractivity contribution in [2.75, 3.05) is 0 Å². The van der Waals surface area contributed by atoms with Crippen molar-refractivity contribution in [3.63, 3.8) is 0 Å². The Morgan fingerprint density at radius 1 is 1.26 bits per heavy atom. The van der Waals surface area contributed by atoms with Gasteiger partial charge in [-0.05, 0) is 64.2 Å². The number of hydrogen-bond donors (Lipinski definition) is 0. The van der Waals surface area contributed by atoms with Gasteiger partial charge in [-0.25, -0.2) is 0 Å². The Morgan fingerprint density at radius 3 is 2.84 bits per heavy atom. The lowest BCUT2D eigenvalue weighted by Crippen LogP contribution is -2.17. The van der Waals surface area contributed by atoms with Crippen molar-refractivity contribution in [2.45, 2.75) is 39.9 Å². The van der Waals surface area contributed by atoms with E-state index in [2.05, 4.69) is 12.2 Å². The molecule has 1 aliphatic carbocycles. The first-order chi connectivity index (χ1) is 9.26. The molecule has 1 aliphatic rings. The van der Waals surface area contributed by atoms with Gasteiger partial charge in [0.15, 0.2) is 0 Å². The maximum Gasteiger partial charge on any atom is 0.591 e. The number of rotatable bonds is 6. The average molecular weight is 258 g/mol. The van der Waals surface area contributed by atoms with Crippen molar-refractivity contribution >= 4 is 7.12 Å². The minimum absolute atomic E-state index is 0.304. The maximum atomic E-state index is 5.78. The normalized spacial score (nSPS) is 16.6. The second kappa shape index (κ2) is 9.32. The van der Waals surface area contributed by atoms with Gasteiger partial charge in [0.05, 0.1) is 5.76 Å². The van der Waals surface area contributed by atoms with E-state index in [4.69, 9.17) is 9.31 Å². The molecule has 102 valence electrons. The lowest BCUT2D eigenvalue weighted by Gasteiger charge is -2.14. The van der Waals surface area contributed by atoms with Crippen LogP contribution in [-0.2, 0) is 9.31 Å². The summed E-state index contributed by atoms with van der Waals surface area (Å²) in [4.78, 5) is 0. The molecule has 0 aromatic rings. The summed E-state index contributed by atoms with van der Waals surface area (Å²) in [6.07, 6.45) is 19.4. The SMILES string of the molecule is C\C=C/C=C(\C=C/C)OB(C)OC1=CCCCC=C1. The van der Waals surface area contributed by atoms with Crippen LogP contribution in [0.15, 0.2) is 60.1 Å². The molecule has 0 heterocycles. The second-order valence-electron chi connectivity index (χ2n) is 4.34. The van der Waals surface area contributed by atoms with Gasteiger partial charge in [-0.1, -0.05) is 24.3 Å². The Bertz CT molecular complexity index is 403. The van der Waals surface area contributed by atoms with E-state index >= 15 is 0 Å². The molecule has 0 fully saturated rings. The summed E-state index contributed by atoms with van der Waals surface area (Å²) in [5.41, 5.74) is 0. The molecule has 3 heteroatoms. The highest BCUT2D eigenvalue weighted by Gasteiger charge is 2.16. The van der Waals surface area contributed by atoms with E-state index < -0.39 is 0 Å². The van der Waals surface area contributed by atoms with Crippen LogP contribution in [-0.4, -0.2) is 7.12 Å². The summed E-state index contributed by atoms with van der Waals surface area (Å²) in [5, 5.41) is 0. The zero-order valence-electron chi connectivity index (χ0n) is 12.1. The first-order valence-corrected chi connectivity index (χ1v) is 6.92. The Morgan fingerprint density at radius 2 is 2.11 bits per heavy atom. The molecular formula is C16H23BO2. The van der Waals surface area contributed by atoms with E-state index in [1.54, 1.807) is 0 Å². The molecule has 0 saturated heterocycles. The van der Waals surface area contributed by atoms with Gasteiger partial charge in [-0.2, -0.15) is 0 Å². The molecule has 0 aliphatic heterocycles. The van der Waals surface area contributed by atoms with Crippen LogP contribution in [0.3, 0.4) is 0 Å². The fraction of sp³-hybridized carbons (Fsp3) is 0.375. The molecule has 0 aromatic heterocycles. The topological polar surface area (TPSA) is 18.5 Å². The van der Waals surface area contributed by atoms with Crippen LogP contribution in [0.25, 0.3) is 0 Å². The highest BCUT2D eigenvalue weighted by molar-refractivity contribution is 6.43. The van der Waals surface area contributed by atoms with Crippen molar-refractivity contribution in [1.82, 2.24) is 0 Å². The Labute approximate surface area is 117 Å². The maximum absolute atomic E-state index is 5.78. The van der Waals surface area contributed by atoms with Crippen LogP contribution in [0.1, 0.15) is 33.1 Å².